The molecule has 0 aliphatic heterocycles. The predicted molar refractivity (Wildman–Crippen MR) is 67.3 cm³/mol. The topological polar surface area (TPSA) is 84.0 Å². The van der Waals surface area contributed by atoms with Crippen LogP contribution in [-0.4, -0.2) is 17.3 Å². The van der Waals surface area contributed by atoms with Crippen molar-refractivity contribution in [2.75, 3.05) is 7.11 Å². The van der Waals surface area contributed by atoms with Crippen LogP contribution >= 0.6 is 0 Å². The van der Waals surface area contributed by atoms with Gasteiger partial charge in [0, 0.05) is 19.0 Å². The van der Waals surface area contributed by atoms with E-state index in [9.17, 15) is 0 Å². The Morgan fingerprint density at radius 2 is 2.26 bits per heavy atom. The molecule has 0 saturated carbocycles. The summed E-state index contributed by atoms with van der Waals surface area (Å²) in [4.78, 5) is 4.09. The SMILES string of the molecule is COc1ccc(C#N)cc1CNCc1noc(C)n1. The summed E-state index contributed by atoms with van der Waals surface area (Å²) in [6, 6.07) is 7.42. The van der Waals surface area contributed by atoms with Crippen LogP contribution in [0, 0.1) is 18.3 Å². The summed E-state index contributed by atoms with van der Waals surface area (Å²) in [6.45, 7) is 2.81. The maximum absolute atomic E-state index is 8.89. The van der Waals surface area contributed by atoms with Crippen molar-refractivity contribution in [1.82, 2.24) is 15.5 Å². The number of hydrogen-bond donors (Lipinski definition) is 1. The van der Waals surface area contributed by atoms with Gasteiger partial charge < -0.3 is 14.6 Å². The summed E-state index contributed by atoms with van der Waals surface area (Å²) in [5.74, 6) is 1.89. The van der Waals surface area contributed by atoms with Crippen LogP contribution in [-0.2, 0) is 13.1 Å². The van der Waals surface area contributed by atoms with Gasteiger partial charge in [0.05, 0.1) is 25.3 Å². The number of ether oxygens (including phenoxy) is 1. The van der Waals surface area contributed by atoms with E-state index in [-0.39, 0.29) is 0 Å². The number of nitriles is 1. The molecule has 0 fully saturated rings. The highest BCUT2D eigenvalue weighted by Gasteiger charge is 2.06. The van der Waals surface area contributed by atoms with Gasteiger partial charge in [-0.05, 0) is 18.2 Å². The van der Waals surface area contributed by atoms with Gasteiger partial charge in [0.15, 0.2) is 5.82 Å². The highest BCUT2D eigenvalue weighted by molar-refractivity contribution is 5.41. The van der Waals surface area contributed by atoms with Crippen molar-refractivity contribution in [3.63, 3.8) is 0 Å². The number of benzene rings is 1. The summed E-state index contributed by atoms with van der Waals surface area (Å²) in [7, 11) is 1.60. The van der Waals surface area contributed by atoms with Crippen LogP contribution in [0.25, 0.3) is 0 Å². The predicted octanol–water partition coefficient (Wildman–Crippen LogP) is 1.55. The van der Waals surface area contributed by atoms with Gasteiger partial charge in [0.2, 0.25) is 5.89 Å². The summed E-state index contributed by atoms with van der Waals surface area (Å²) in [5, 5.41) is 15.9. The van der Waals surface area contributed by atoms with Crippen molar-refractivity contribution in [3.8, 4) is 11.8 Å². The third-order valence-electron chi connectivity index (χ3n) is 2.58. The summed E-state index contributed by atoms with van der Waals surface area (Å²) < 4.78 is 10.1. The maximum Gasteiger partial charge on any atom is 0.223 e. The summed E-state index contributed by atoms with van der Waals surface area (Å²) in [5.41, 5.74) is 1.52. The second kappa shape index (κ2) is 5.98. The minimum absolute atomic E-state index is 0.497. The number of aryl methyl sites for hydroxylation is 1. The molecule has 1 aromatic carbocycles. The molecule has 0 aliphatic rings. The lowest BCUT2D eigenvalue weighted by molar-refractivity contribution is 0.385. The maximum atomic E-state index is 8.89. The van der Waals surface area contributed by atoms with E-state index in [1.54, 1.807) is 32.2 Å². The fraction of sp³-hybridized carbons (Fsp3) is 0.308. The van der Waals surface area contributed by atoms with E-state index in [4.69, 9.17) is 14.5 Å². The molecule has 19 heavy (non-hydrogen) atoms. The molecule has 0 spiro atoms. The third kappa shape index (κ3) is 3.30. The molecular formula is C13H14N4O2. The smallest absolute Gasteiger partial charge is 0.223 e. The fourth-order valence-corrected chi connectivity index (χ4v) is 1.71. The van der Waals surface area contributed by atoms with Crippen molar-refractivity contribution in [1.29, 1.82) is 5.26 Å². The molecule has 0 saturated heterocycles. The van der Waals surface area contributed by atoms with Gasteiger partial charge >= 0.3 is 0 Å². The van der Waals surface area contributed by atoms with Crippen LogP contribution in [0.1, 0.15) is 22.8 Å². The number of nitrogens with one attached hydrogen (secondary N) is 1. The molecule has 1 aromatic heterocycles. The minimum atomic E-state index is 0.497. The van der Waals surface area contributed by atoms with Gasteiger partial charge in [-0.3, -0.25) is 0 Å². The molecular weight excluding hydrogens is 244 g/mol. The zero-order valence-electron chi connectivity index (χ0n) is 10.8. The van der Waals surface area contributed by atoms with Gasteiger partial charge in [0.25, 0.3) is 0 Å². The van der Waals surface area contributed by atoms with E-state index in [1.165, 1.54) is 0 Å². The van der Waals surface area contributed by atoms with Gasteiger partial charge in [-0.2, -0.15) is 10.2 Å². The van der Waals surface area contributed by atoms with Crippen LogP contribution in [0.5, 0.6) is 5.75 Å². The zero-order valence-corrected chi connectivity index (χ0v) is 10.8. The highest BCUT2D eigenvalue weighted by Crippen LogP contribution is 2.19. The van der Waals surface area contributed by atoms with E-state index < -0.39 is 0 Å². The Balaban J connectivity index is 2.00. The monoisotopic (exact) mass is 258 g/mol. The second-order valence-electron chi connectivity index (χ2n) is 3.97. The molecule has 6 nitrogen and oxygen atoms in total. The van der Waals surface area contributed by atoms with E-state index in [2.05, 4.69) is 21.5 Å². The Labute approximate surface area is 111 Å². The Kier molecular flexibility index (Phi) is 4.11. The molecule has 6 heteroatoms. The van der Waals surface area contributed by atoms with Crippen molar-refractivity contribution < 1.29 is 9.26 Å². The molecule has 0 atom stereocenters. The lowest BCUT2D eigenvalue weighted by Gasteiger charge is -2.09. The normalized spacial score (nSPS) is 10.2. The number of methoxy groups -OCH3 is 1. The standard InChI is InChI=1S/C13H14N4O2/c1-9-16-13(17-19-9)8-15-7-11-5-10(6-14)3-4-12(11)18-2/h3-5,15H,7-8H2,1-2H3. The molecule has 2 rings (SSSR count). The largest absolute Gasteiger partial charge is 0.496 e. The first-order chi connectivity index (χ1) is 9.22. The van der Waals surface area contributed by atoms with Gasteiger partial charge in [-0.15, -0.1) is 0 Å². The first kappa shape index (κ1) is 13.1. The Hall–Kier alpha value is -2.39. The van der Waals surface area contributed by atoms with E-state index in [0.29, 0.717) is 30.4 Å². The second-order valence-corrected chi connectivity index (χ2v) is 3.97. The molecule has 0 unspecified atom stereocenters. The van der Waals surface area contributed by atoms with E-state index in [1.807, 2.05) is 0 Å². The summed E-state index contributed by atoms with van der Waals surface area (Å²) in [6.07, 6.45) is 0. The van der Waals surface area contributed by atoms with E-state index in [0.717, 1.165) is 11.3 Å². The molecule has 1 heterocycles. The molecule has 0 bridgehead atoms. The number of rotatable bonds is 5. The number of aromatic nitrogens is 2. The minimum Gasteiger partial charge on any atom is -0.496 e. The number of hydrogen-bond acceptors (Lipinski definition) is 6. The van der Waals surface area contributed by atoms with Crippen molar-refractivity contribution in [3.05, 3.63) is 41.0 Å². The highest BCUT2D eigenvalue weighted by atomic mass is 16.5. The van der Waals surface area contributed by atoms with Gasteiger partial charge in [-0.25, -0.2) is 0 Å². The Morgan fingerprint density at radius 3 is 2.89 bits per heavy atom. The first-order valence-corrected chi connectivity index (χ1v) is 5.80. The Morgan fingerprint density at radius 1 is 1.42 bits per heavy atom. The molecule has 0 aliphatic carbocycles. The van der Waals surface area contributed by atoms with E-state index >= 15 is 0 Å². The van der Waals surface area contributed by atoms with Crippen molar-refractivity contribution in [2.24, 2.45) is 0 Å². The fourth-order valence-electron chi connectivity index (χ4n) is 1.71. The first-order valence-electron chi connectivity index (χ1n) is 5.80. The van der Waals surface area contributed by atoms with Crippen molar-refractivity contribution >= 4 is 0 Å². The lowest BCUT2D eigenvalue weighted by Crippen LogP contribution is -2.14. The van der Waals surface area contributed by atoms with Crippen LogP contribution < -0.4 is 10.1 Å². The summed E-state index contributed by atoms with van der Waals surface area (Å²) >= 11 is 0. The Bertz CT molecular complexity index is 601. The average Bonchev–Trinajstić information content (AvgIpc) is 2.84. The molecule has 0 radical (unpaired) electrons. The molecule has 98 valence electrons. The van der Waals surface area contributed by atoms with Gasteiger partial charge in [-0.1, -0.05) is 5.16 Å². The molecule has 0 amide bonds. The number of nitrogens with zero attached hydrogens (tertiary/aromatic N) is 3. The van der Waals surface area contributed by atoms with Gasteiger partial charge in [0.1, 0.15) is 5.75 Å². The lowest BCUT2D eigenvalue weighted by atomic mass is 10.1. The van der Waals surface area contributed by atoms with Crippen LogP contribution in [0.15, 0.2) is 22.7 Å². The quantitative estimate of drug-likeness (QED) is 0.875. The van der Waals surface area contributed by atoms with Crippen LogP contribution in [0.3, 0.4) is 0 Å². The zero-order chi connectivity index (χ0) is 13.7. The molecule has 2 aromatic rings. The third-order valence-corrected chi connectivity index (χ3v) is 2.58. The van der Waals surface area contributed by atoms with Crippen molar-refractivity contribution in [2.45, 2.75) is 20.0 Å². The molecule has 1 N–H and O–H groups in total. The van der Waals surface area contributed by atoms with Crippen LogP contribution in [0.2, 0.25) is 0 Å². The van der Waals surface area contributed by atoms with Crippen LogP contribution in [0.4, 0.5) is 0 Å². The average molecular weight is 258 g/mol.